The van der Waals surface area contributed by atoms with Crippen molar-refractivity contribution in [2.75, 3.05) is 26.7 Å². The van der Waals surface area contributed by atoms with Crippen LogP contribution in [0.25, 0.3) is 0 Å². The largest absolute Gasteiger partial charge is 0.484 e. The number of ether oxygens (including phenoxy) is 2. The second-order valence-electron chi connectivity index (χ2n) is 8.24. The Hall–Kier alpha value is -2.24. The first kappa shape index (κ1) is 26.8. The molecular formula is C21H34IN5O4. The molecule has 0 aliphatic carbocycles. The number of carbonyl (C=O) groups excluding carboxylic acids is 2. The Kier molecular flexibility index (Phi) is 10.9. The number of nitrogens with zero attached hydrogens (tertiary/aromatic N) is 2. The predicted molar refractivity (Wildman–Crippen MR) is 131 cm³/mol. The van der Waals surface area contributed by atoms with Crippen molar-refractivity contribution >= 4 is 41.9 Å². The highest BCUT2D eigenvalue weighted by molar-refractivity contribution is 14.0. The number of carbonyl (C=O) groups is 2. The van der Waals surface area contributed by atoms with Gasteiger partial charge < -0.3 is 30.7 Å². The third kappa shape index (κ3) is 10.1. The van der Waals surface area contributed by atoms with Gasteiger partial charge in [-0.2, -0.15) is 0 Å². The maximum Gasteiger partial charge on any atom is 0.410 e. The molecule has 174 valence electrons. The van der Waals surface area contributed by atoms with Crippen molar-refractivity contribution in [1.29, 1.82) is 0 Å². The van der Waals surface area contributed by atoms with Gasteiger partial charge in [-0.3, -0.25) is 9.79 Å². The maximum atomic E-state index is 12.3. The van der Waals surface area contributed by atoms with Crippen molar-refractivity contribution in [3.8, 4) is 5.75 Å². The summed E-state index contributed by atoms with van der Waals surface area (Å²) in [4.78, 5) is 29.2. The Morgan fingerprint density at radius 3 is 2.71 bits per heavy atom. The van der Waals surface area contributed by atoms with Crippen LogP contribution < -0.4 is 21.1 Å². The number of benzene rings is 1. The van der Waals surface area contributed by atoms with Crippen molar-refractivity contribution in [3.05, 3.63) is 29.8 Å². The van der Waals surface area contributed by atoms with Crippen LogP contribution in [0.4, 0.5) is 4.79 Å². The van der Waals surface area contributed by atoms with E-state index in [2.05, 4.69) is 15.6 Å². The van der Waals surface area contributed by atoms with Crippen LogP contribution in [0, 0.1) is 0 Å². The van der Waals surface area contributed by atoms with Crippen LogP contribution in [0.15, 0.2) is 29.3 Å². The lowest BCUT2D eigenvalue weighted by atomic mass is 10.1. The average molecular weight is 547 g/mol. The molecule has 1 atom stereocenters. The number of guanidine groups is 1. The Morgan fingerprint density at radius 1 is 1.32 bits per heavy atom. The van der Waals surface area contributed by atoms with Gasteiger partial charge in [0.05, 0.1) is 0 Å². The molecule has 10 heteroatoms. The minimum Gasteiger partial charge on any atom is -0.484 e. The maximum absolute atomic E-state index is 12.3. The van der Waals surface area contributed by atoms with Gasteiger partial charge in [-0.25, -0.2) is 4.79 Å². The van der Waals surface area contributed by atoms with E-state index in [9.17, 15) is 9.59 Å². The lowest BCUT2D eigenvalue weighted by Gasteiger charge is -2.35. The molecule has 0 bridgehead atoms. The molecule has 1 aromatic carbocycles. The van der Waals surface area contributed by atoms with E-state index in [1.54, 1.807) is 18.0 Å². The fourth-order valence-electron chi connectivity index (χ4n) is 3.06. The number of rotatable bonds is 6. The smallest absolute Gasteiger partial charge is 0.410 e. The molecule has 1 aromatic rings. The lowest BCUT2D eigenvalue weighted by molar-refractivity contribution is -0.119. The molecule has 2 amide bonds. The zero-order chi connectivity index (χ0) is 22.1. The topological polar surface area (TPSA) is 118 Å². The summed E-state index contributed by atoms with van der Waals surface area (Å²) in [7, 11) is 1.70. The Morgan fingerprint density at radius 2 is 2.06 bits per heavy atom. The SMILES string of the molecule is CN=C(NCc1cccc(OCC(N)=O)c1)NC1CCCN(C(=O)OC(C)(C)C)C1.I. The van der Waals surface area contributed by atoms with Crippen LogP contribution in [0.1, 0.15) is 39.2 Å². The van der Waals surface area contributed by atoms with Gasteiger partial charge in [-0.1, -0.05) is 12.1 Å². The summed E-state index contributed by atoms with van der Waals surface area (Å²) < 4.78 is 10.8. The van der Waals surface area contributed by atoms with Crippen LogP contribution in [0.5, 0.6) is 5.75 Å². The van der Waals surface area contributed by atoms with Gasteiger partial charge >= 0.3 is 6.09 Å². The van der Waals surface area contributed by atoms with Crippen LogP contribution in [-0.2, 0) is 16.1 Å². The first-order valence-electron chi connectivity index (χ1n) is 10.1. The predicted octanol–water partition coefficient (Wildman–Crippen LogP) is 2.23. The first-order chi connectivity index (χ1) is 14.2. The van der Waals surface area contributed by atoms with Crippen molar-refractivity contribution in [2.24, 2.45) is 10.7 Å². The van der Waals surface area contributed by atoms with Crippen molar-refractivity contribution < 1.29 is 19.1 Å². The van der Waals surface area contributed by atoms with Gasteiger partial charge in [0, 0.05) is 32.7 Å². The van der Waals surface area contributed by atoms with Gasteiger partial charge in [0.1, 0.15) is 11.4 Å². The zero-order valence-corrected chi connectivity index (χ0v) is 21.0. The summed E-state index contributed by atoms with van der Waals surface area (Å²) in [5.41, 5.74) is 5.57. The monoisotopic (exact) mass is 547 g/mol. The third-order valence-corrected chi connectivity index (χ3v) is 4.38. The molecule has 1 aliphatic heterocycles. The van der Waals surface area contributed by atoms with Crippen molar-refractivity contribution in [3.63, 3.8) is 0 Å². The molecule has 4 N–H and O–H groups in total. The van der Waals surface area contributed by atoms with Gasteiger partial charge in [0.15, 0.2) is 12.6 Å². The highest BCUT2D eigenvalue weighted by Gasteiger charge is 2.28. The molecule has 1 unspecified atom stereocenters. The number of amides is 2. The molecule has 1 aliphatic rings. The Bertz CT molecular complexity index is 766. The van der Waals surface area contributed by atoms with Gasteiger partial charge in [0.2, 0.25) is 0 Å². The number of halogens is 1. The number of likely N-dealkylation sites (tertiary alicyclic amines) is 1. The van der Waals surface area contributed by atoms with Crippen LogP contribution in [0.2, 0.25) is 0 Å². The van der Waals surface area contributed by atoms with Crippen LogP contribution in [-0.4, -0.2) is 61.2 Å². The fraction of sp³-hybridized carbons (Fsp3) is 0.571. The van der Waals surface area contributed by atoms with E-state index in [1.165, 1.54) is 0 Å². The molecule has 31 heavy (non-hydrogen) atoms. The van der Waals surface area contributed by atoms with E-state index >= 15 is 0 Å². The number of nitrogens with two attached hydrogens (primary N) is 1. The van der Waals surface area contributed by atoms with E-state index in [0.717, 1.165) is 18.4 Å². The van der Waals surface area contributed by atoms with Crippen molar-refractivity contribution in [1.82, 2.24) is 15.5 Å². The van der Waals surface area contributed by atoms with E-state index in [0.29, 0.717) is 31.3 Å². The number of hydrogen-bond donors (Lipinski definition) is 3. The summed E-state index contributed by atoms with van der Waals surface area (Å²) >= 11 is 0. The number of primary amides is 1. The lowest BCUT2D eigenvalue weighted by Crippen LogP contribution is -2.53. The van der Waals surface area contributed by atoms with Crippen molar-refractivity contribution in [2.45, 2.75) is 51.8 Å². The number of piperidine rings is 1. The molecule has 2 rings (SSSR count). The van der Waals surface area contributed by atoms with Crippen LogP contribution in [0.3, 0.4) is 0 Å². The van der Waals surface area contributed by atoms with E-state index in [1.807, 2.05) is 39.0 Å². The summed E-state index contributed by atoms with van der Waals surface area (Å²) in [6.07, 6.45) is 1.55. The summed E-state index contributed by atoms with van der Waals surface area (Å²) in [6.45, 7) is 7.22. The zero-order valence-electron chi connectivity index (χ0n) is 18.6. The van der Waals surface area contributed by atoms with Crippen LogP contribution >= 0.6 is 24.0 Å². The summed E-state index contributed by atoms with van der Waals surface area (Å²) in [5, 5.41) is 6.64. The van der Waals surface area contributed by atoms with Gasteiger partial charge in [-0.05, 0) is 51.3 Å². The highest BCUT2D eigenvalue weighted by atomic mass is 127. The van der Waals surface area contributed by atoms with E-state index in [4.69, 9.17) is 15.2 Å². The summed E-state index contributed by atoms with van der Waals surface area (Å²) in [6, 6.07) is 7.50. The quantitative estimate of drug-likeness (QED) is 0.286. The second-order valence-corrected chi connectivity index (χ2v) is 8.24. The molecular weight excluding hydrogens is 513 g/mol. The standard InChI is InChI=1S/C21H33N5O4.HI/c1-21(2,3)30-20(28)26-10-6-8-16(13-26)25-19(23-4)24-12-15-7-5-9-17(11-15)29-14-18(22)27;/h5,7,9,11,16H,6,8,10,12-14H2,1-4H3,(H2,22,27)(H2,23,24,25);1H. The Balaban J connectivity index is 0.00000480. The molecule has 0 spiro atoms. The minimum atomic E-state index is -0.518. The van der Waals surface area contributed by atoms with Gasteiger partial charge in [-0.15, -0.1) is 24.0 Å². The van der Waals surface area contributed by atoms with Gasteiger partial charge in [0.25, 0.3) is 5.91 Å². The molecule has 1 fully saturated rings. The molecule has 0 aromatic heterocycles. The molecule has 0 saturated carbocycles. The fourth-order valence-corrected chi connectivity index (χ4v) is 3.06. The van der Waals surface area contributed by atoms with E-state index in [-0.39, 0.29) is 42.7 Å². The highest BCUT2D eigenvalue weighted by Crippen LogP contribution is 2.16. The number of aliphatic imine (C=N–C) groups is 1. The molecule has 0 radical (unpaired) electrons. The molecule has 1 heterocycles. The molecule has 1 saturated heterocycles. The molecule has 9 nitrogen and oxygen atoms in total. The third-order valence-electron chi connectivity index (χ3n) is 4.38. The Labute approximate surface area is 201 Å². The average Bonchev–Trinajstić information content (AvgIpc) is 2.69. The van der Waals surface area contributed by atoms with E-state index < -0.39 is 11.5 Å². The first-order valence-corrected chi connectivity index (χ1v) is 10.1. The second kappa shape index (κ2) is 12.6. The summed E-state index contributed by atoms with van der Waals surface area (Å²) in [5.74, 6) is 0.710. The number of nitrogens with one attached hydrogen (secondary N) is 2. The normalized spacial score (nSPS) is 16.7. The number of hydrogen-bond acceptors (Lipinski definition) is 5. The minimum absolute atomic E-state index is 0.